The zero-order valence-corrected chi connectivity index (χ0v) is 15.0. The van der Waals surface area contributed by atoms with Gasteiger partial charge in [0.25, 0.3) is 0 Å². The average Bonchev–Trinajstić information content (AvgIpc) is 3.26. The van der Waals surface area contributed by atoms with Crippen LogP contribution in [-0.2, 0) is 11.3 Å². The van der Waals surface area contributed by atoms with Crippen LogP contribution in [0.3, 0.4) is 0 Å². The van der Waals surface area contributed by atoms with Crippen LogP contribution in [0.4, 0.5) is 0 Å². The fourth-order valence-electron chi connectivity index (χ4n) is 3.07. The van der Waals surface area contributed by atoms with E-state index in [1.165, 1.54) is 20.5 Å². The number of carbonyl (C=O) groups is 1. The first kappa shape index (κ1) is 16.9. The van der Waals surface area contributed by atoms with Gasteiger partial charge in [-0.15, -0.1) is 11.3 Å². The molecule has 2 N–H and O–H groups in total. The summed E-state index contributed by atoms with van der Waals surface area (Å²) in [4.78, 5) is 11.8. The highest BCUT2D eigenvalue weighted by molar-refractivity contribution is 7.19. The molecule has 3 aromatic rings. The van der Waals surface area contributed by atoms with Gasteiger partial charge in [0.05, 0.1) is 0 Å². The smallest absolute Gasteiger partial charge is 0.303 e. The zero-order valence-electron chi connectivity index (χ0n) is 14.2. The number of carboxylic acid groups (broad SMARTS) is 1. The lowest BCUT2D eigenvalue weighted by Crippen LogP contribution is -2.14. The van der Waals surface area contributed by atoms with Crippen molar-refractivity contribution in [3.63, 3.8) is 0 Å². The Bertz CT molecular complexity index is 950. The number of fused-ring (bicyclic) bond motifs is 2. The number of nitrogens with one attached hydrogen (secondary N) is 1. The van der Waals surface area contributed by atoms with Crippen LogP contribution in [0, 0.1) is 0 Å². The molecule has 0 saturated heterocycles. The fourth-order valence-corrected chi connectivity index (χ4v) is 4.23. The SMILES string of the molecule is O=C(O)CCCNCc1cc2cccc(-c3ccc4c(c3)OCO4)c2s1. The lowest BCUT2D eigenvalue weighted by atomic mass is 10.0. The van der Waals surface area contributed by atoms with Gasteiger partial charge in [0.2, 0.25) is 6.79 Å². The van der Waals surface area contributed by atoms with Gasteiger partial charge >= 0.3 is 5.97 Å². The molecule has 0 radical (unpaired) electrons. The minimum absolute atomic E-state index is 0.202. The van der Waals surface area contributed by atoms with Crippen molar-refractivity contribution in [1.82, 2.24) is 5.32 Å². The van der Waals surface area contributed by atoms with Crippen LogP contribution >= 0.6 is 11.3 Å². The number of ether oxygens (including phenoxy) is 2. The van der Waals surface area contributed by atoms with E-state index in [9.17, 15) is 4.79 Å². The molecule has 5 nitrogen and oxygen atoms in total. The molecular weight excluding hydrogens is 350 g/mol. The Morgan fingerprint density at radius 3 is 2.92 bits per heavy atom. The first-order valence-electron chi connectivity index (χ1n) is 8.55. The number of hydrogen-bond acceptors (Lipinski definition) is 5. The van der Waals surface area contributed by atoms with E-state index in [0.717, 1.165) is 23.6 Å². The topological polar surface area (TPSA) is 67.8 Å². The molecule has 6 heteroatoms. The van der Waals surface area contributed by atoms with Crippen LogP contribution in [-0.4, -0.2) is 24.4 Å². The summed E-state index contributed by atoms with van der Waals surface area (Å²) in [6, 6.07) is 14.6. The van der Waals surface area contributed by atoms with Crippen LogP contribution in [0.1, 0.15) is 17.7 Å². The molecule has 1 aliphatic rings. The van der Waals surface area contributed by atoms with Gasteiger partial charge in [0.1, 0.15) is 0 Å². The lowest BCUT2D eigenvalue weighted by molar-refractivity contribution is -0.137. The van der Waals surface area contributed by atoms with E-state index in [0.29, 0.717) is 13.0 Å². The number of rotatable bonds is 7. The molecule has 0 amide bonds. The van der Waals surface area contributed by atoms with Crippen LogP contribution in [0.15, 0.2) is 42.5 Å². The first-order valence-corrected chi connectivity index (χ1v) is 9.36. The highest BCUT2D eigenvalue weighted by Crippen LogP contribution is 2.40. The van der Waals surface area contributed by atoms with E-state index < -0.39 is 5.97 Å². The monoisotopic (exact) mass is 369 g/mol. The van der Waals surface area contributed by atoms with Crippen molar-refractivity contribution in [3.8, 4) is 22.6 Å². The van der Waals surface area contributed by atoms with E-state index in [2.05, 4.69) is 35.6 Å². The number of thiophene rings is 1. The van der Waals surface area contributed by atoms with Gasteiger partial charge in [-0.1, -0.05) is 24.3 Å². The van der Waals surface area contributed by atoms with Gasteiger partial charge in [0, 0.05) is 22.5 Å². The third-order valence-corrected chi connectivity index (χ3v) is 5.51. The van der Waals surface area contributed by atoms with Crippen molar-refractivity contribution in [3.05, 3.63) is 47.3 Å². The molecule has 1 aliphatic heterocycles. The Hall–Kier alpha value is -2.57. The molecule has 1 aromatic heterocycles. The van der Waals surface area contributed by atoms with Gasteiger partial charge < -0.3 is 19.9 Å². The van der Waals surface area contributed by atoms with Crippen LogP contribution in [0.5, 0.6) is 11.5 Å². The fraction of sp³-hybridized carbons (Fsp3) is 0.250. The largest absolute Gasteiger partial charge is 0.481 e. The third kappa shape index (κ3) is 3.52. The summed E-state index contributed by atoms with van der Waals surface area (Å²) in [5.41, 5.74) is 2.30. The molecule has 0 spiro atoms. The van der Waals surface area contributed by atoms with Crippen molar-refractivity contribution in [2.45, 2.75) is 19.4 Å². The predicted molar refractivity (Wildman–Crippen MR) is 102 cm³/mol. The summed E-state index contributed by atoms with van der Waals surface area (Å²) in [5, 5.41) is 13.2. The first-order chi connectivity index (χ1) is 12.7. The number of hydrogen-bond donors (Lipinski definition) is 2. The normalized spacial score (nSPS) is 12.6. The Morgan fingerprint density at radius 1 is 1.15 bits per heavy atom. The molecule has 26 heavy (non-hydrogen) atoms. The van der Waals surface area contributed by atoms with Gasteiger partial charge in [-0.2, -0.15) is 0 Å². The summed E-state index contributed by atoms with van der Waals surface area (Å²) >= 11 is 1.77. The molecule has 134 valence electrons. The second kappa shape index (κ2) is 7.35. The second-order valence-electron chi connectivity index (χ2n) is 6.18. The summed E-state index contributed by atoms with van der Waals surface area (Å²) in [7, 11) is 0. The minimum Gasteiger partial charge on any atom is -0.481 e. The van der Waals surface area contributed by atoms with Gasteiger partial charge in [0.15, 0.2) is 11.5 Å². The van der Waals surface area contributed by atoms with Gasteiger partial charge in [-0.3, -0.25) is 4.79 Å². The number of aliphatic carboxylic acids is 1. The number of carboxylic acids is 1. The zero-order chi connectivity index (χ0) is 17.9. The van der Waals surface area contributed by atoms with Crippen molar-refractivity contribution in [2.24, 2.45) is 0 Å². The maximum atomic E-state index is 10.6. The molecule has 0 saturated carbocycles. The quantitative estimate of drug-likeness (QED) is 0.610. The van der Waals surface area contributed by atoms with E-state index in [1.54, 1.807) is 11.3 Å². The second-order valence-corrected chi connectivity index (χ2v) is 7.32. The molecule has 0 bridgehead atoms. The minimum atomic E-state index is -0.748. The van der Waals surface area contributed by atoms with Gasteiger partial charge in [-0.05, 0) is 47.7 Å². The van der Waals surface area contributed by atoms with Gasteiger partial charge in [-0.25, -0.2) is 0 Å². The van der Waals surface area contributed by atoms with Crippen LogP contribution in [0.25, 0.3) is 21.2 Å². The molecule has 0 atom stereocenters. The third-order valence-electron chi connectivity index (χ3n) is 4.32. The molecule has 4 rings (SSSR count). The summed E-state index contributed by atoms with van der Waals surface area (Å²) in [6.45, 7) is 1.73. The van der Waals surface area contributed by atoms with Crippen molar-refractivity contribution >= 4 is 27.4 Å². The van der Waals surface area contributed by atoms with Crippen molar-refractivity contribution in [1.29, 1.82) is 0 Å². The van der Waals surface area contributed by atoms with E-state index >= 15 is 0 Å². The Morgan fingerprint density at radius 2 is 2.04 bits per heavy atom. The maximum absolute atomic E-state index is 10.6. The van der Waals surface area contributed by atoms with Crippen LogP contribution in [0.2, 0.25) is 0 Å². The van der Waals surface area contributed by atoms with Crippen LogP contribution < -0.4 is 14.8 Å². The Kier molecular flexibility index (Phi) is 4.77. The molecular formula is C20H19NO4S. The summed E-state index contributed by atoms with van der Waals surface area (Å²) < 4.78 is 12.1. The predicted octanol–water partition coefficient (Wildman–Crippen LogP) is 4.25. The Labute approximate surface area is 155 Å². The molecule has 2 heterocycles. The molecule has 0 aliphatic carbocycles. The van der Waals surface area contributed by atoms with E-state index in [1.807, 2.05) is 12.1 Å². The maximum Gasteiger partial charge on any atom is 0.303 e. The number of benzene rings is 2. The highest BCUT2D eigenvalue weighted by atomic mass is 32.1. The average molecular weight is 369 g/mol. The molecule has 0 unspecified atom stereocenters. The highest BCUT2D eigenvalue weighted by Gasteiger charge is 2.15. The van der Waals surface area contributed by atoms with Crippen molar-refractivity contribution < 1.29 is 19.4 Å². The summed E-state index contributed by atoms with van der Waals surface area (Å²) in [5.74, 6) is 0.830. The summed E-state index contributed by atoms with van der Waals surface area (Å²) in [6.07, 6.45) is 0.844. The lowest BCUT2D eigenvalue weighted by Gasteiger charge is -2.05. The molecule has 2 aromatic carbocycles. The standard InChI is InChI=1S/C20H19NO4S/c22-19(23)5-2-8-21-11-15-9-14-3-1-4-16(20(14)26-15)13-6-7-17-18(10-13)25-12-24-17/h1,3-4,6-7,9-10,21H,2,5,8,11-12H2,(H,22,23). The van der Waals surface area contributed by atoms with Crippen molar-refractivity contribution in [2.75, 3.05) is 13.3 Å². The van der Waals surface area contributed by atoms with E-state index in [-0.39, 0.29) is 13.2 Å². The van der Waals surface area contributed by atoms with E-state index in [4.69, 9.17) is 14.6 Å². The Balaban J connectivity index is 1.53. The molecule has 0 fully saturated rings.